The van der Waals surface area contributed by atoms with Crippen LogP contribution < -0.4 is 10.3 Å². The molecule has 0 N–H and O–H groups in total. The van der Waals surface area contributed by atoms with Crippen molar-refractivity contribution in [2.24, 2.45) is 7.05 Å². The first-order valence-electron chi connectivity index (χ1n) is 4.98. The van der Waals surface area contributed by atoms with Crippen molar-refractivity contribution < 1.29 is 9.53 Å². The maximum Gasteiger partial charge on any atom is 0.308 e. The SMILES string of the molecule is CC(=O)Oc1c(I)c(=O)n(C)c2ccccc12. The Kier molecular flexibility index (Phi) is 3.19. The van der Waals surface area contributed by atoms with Crippen molar-refractivity contribution in [2.75, 3.05) is 0 Å². The van der Waals surface area contributed by atoms with Crippen molar-refractivity contribution in [1.29, 1.82) is 0 Å². The summed E-state index contributed by atoms with van der Waals surface area (Å²) in [5, 5.41) is 0.759. The molecule has 0 spiro atoms. The van der Waals surface area contributed by atoms with Gasteiger partial charge in [-0.2, -0.15) is 0 Å². The Labute approximate surface area is 111 Å². The lowest BCUT2D eigenvalue weighted by Crippen LogP contribution is -2.21. The van der Waals surface area contributed by atoms with Crippen LogP contribution in [0.5, 0.6) is 5.75 Å². The predicted molar refractivity (Wildman–Crippen MR) is 73.2 cm³/mol. The number of ether oxygens (including phenoxy) is 1. The zero-order chi connectivity index (χ0) is 12.6. The molecule has 1 aromatic heterocycles. The molecule has 0 aliphatic heterocycles. The number of esters is 1. The van der Waals surface area contributed by atoms with E-state index in [1.54, 1.807) is 11.6 Å². The topological polar surface area (TPSA) is 48.3 Å². The summed E-state index contributed by atoms with van der Waals surface area (Å²) in [6.07, 6.45) is 0. The van der Waals surface area contributed by atoms with E-state index < -0.39 is 5.97 Å². The van der Waals surface area contributed by atoms with E-state index in [9.17, 15) is 9.59 Å². The number of para-hydroxylation sites is 1. The molecule has 2 aromatic rings. The first kappa shape index (κ1) is 12.1. The minimum atomic E-state index is -0.429. The van der Waals surface area contributed by atoms with E-state index in [1.807, 2.05) is 46.9 Å². The molecule has 0 saturated carbocycles. The van der Waals surface area contributed by atoms with Gasteiger partial charge in [-0.1, -0.05) is 12.1 Å². The quantitative estimate of drug-likeness (QED) is 0.588. The first-order chi connectivity index (χ1) is 8.02. The molecule has 1 heterocycles. The van der Waals surface area contributed by atoms with Crippen LogP contribution in [0.3, 0.4) is 0 Å². The van der Waals surface area contributed by atoms with Gasteiger partial charge in [0.2, 0.25) is 0 Å². The van der Waals surface area contributed by atoms with Crippen molar-refractivity contribution >= 4 is 39.5 Å². The molecule has 1 aromatic carbocycles. The Morgan fingerprint density at radius 2 is 2.00 bits per heavy atom. The standard InChI is InChI=1S/C12H10INO3/c1-7(15)17-11-8-5-3-4-6-9(8)14(2)12(16)10(11)13/h3-6H,1-2H3. The summed E-state index contributed by atoms with van der Waals surface area (Å²) in [5.74, 6) is -0.0851. The lowest BCUT2D eigenvalue weighted by Gasteiger charge is -2.11. The minimum absolute atomic E-state index is 0.166. The van der Waals surface area contributed by atoms with Crippen molar-refractivity contribution in [2.45, 2.75) is 6.92 Å². The molecular formula is C12H10INO3. The molecule has 0 aliphatic rings. The number of pyridine rings is 1. The van der Waals surface area contributed by atoms with Crippen molar-refractivity contribution in [1.82, 2.24) is 4.57 Å². The summed E-state index contributed by atoms with van der Waals surface area (Å²) in [5.41, 5.74) is 0.578. The molecule has 0 bridgehead atoms. The summed E-state index contributed by atoms with van der Waals surface area (Å²) in [4.78, 5) is 23.0. The van der Waals surface area contributed by atoms with Crippen LogP contribution in [0, 0.1) is 3.57 Å². The summed E-state index contributed by atoms with van der Waals surface area (Å²) in [6.45, 7) is 1.32. The zero-order valence-electron chi connectivity index (χ0n) is 9.36. The van der Waals surface area contributed by atoms with Gasteiger partial charge in [0, 0.05) is 19.4 Å². The fraction of sp³-hybridized carbons (Fsp3) is 0.167. The van der Waals surface area contributed by atoms with E-state index in [2.05, 4.69) is 0 Å². The fourth-order valence-electron chi connectivity index (χ4n) is 1.67. The number of benzene rings is 1. The average Bonchev–Trinajstić information content (AvgIpc) is 2.31. The van der Waals surface area contributed by atoms with Crippen LogP contribution in [0.1, 0.15) is 6.92 Å². The van der Waals surface area contributed by atoms with Gasteiger partial charge in [0.1, 0.15) is 3.57 Å². The van der Waals surface area contributed by atoms with E-state index in [4.69, 9.17) is 4.74 Å². The van der Waals surface area contributed by atoms with E-state index in [0.717, 1.165) is 10.9 Å². The van der Waals surface area contributed by atoms with Crippen LogP contribution in [-0.2, 0) is 11.8 Å². The number of hydrogen-bond donors (Lipinski definition) is 0. The number of nitrogens with zero attached hydrogens (tertiary/aromatic N) is 1. The highest BCUT2D eigenvalue weighted by atomic mass is 127. The highest BCUT2D eigenvalue weighted by Crippen LogP contribution is 2.28. The molecule has 0 fully saturated rings. The largest absolute Gasteiger partial charge is 0.425 e. The number of hydrogen-bond acceptors (Lipinski definition) is 3. The molecule has 88 valence electrons. The summed E-state index contributed by atoms with van der Waals surface area (Å²) < 4.78 is 7.10. The molecule has 4 nitrogen and oxygen atoms in total. The van der Waals surface area contributed by atoms with Gasteiger partial charge >= 0.3 is 5.97 Å². The van der Waals surface area contributed by atoms with E-state index >= 15 is 0 Å². The summed E-state index contributed by atoms with van der Waals surface area (Å²) in [6, 6.07) is 7.33. The van der Waals surface area contributed by atoms with Crippen molar-refractivity contribution in [3.63, 3.8) is 0 Å². The molecule has 17 heavy (non-hydrogen) atoms. The molecule has 0 radical (unpaired) electrons. The van der Waals surface area contributed by atoms with Crippen LogP contribution >= 0.6 is 22.6 Å². The Balaban J connectivity index is 2.90. The normalized spacial score (nSPS) is 10.5. The second kappa shape index (κ2) is 4.48. The number of fused-ring (bicyclic) bond motifs is 1. The number of rotatable bonds is 1. The lowest BCUT2D eigenvalue weighted by atomic mass is 10.2. The number of aryl methyl sites for hydroxylation is 1. The van der Waals surface area contributed by atoms with E-state index in [1.165, 1.54) is 6.92 Å². The second-order valence-corrected chi connectivity index (χ2v) is 4.70. The monoisotopic (exact) mass is 343 g/mol. The van der Waals surface area contributed by atoms with Gasteiger partial charge in [-0.15, -0.1) is 0 Å². The minimum Gasteiger partial charge on any atom is -0.425 e. The van der Waals surface area contributed by atoms with Crippen LogP contribution in [0.25, 0.3) is 10.9 Å². The third-order valence-corrected chi connectivity index (χ3v) is 3.40. The smallest absolute Gasteiger partial charge is 0.308 e. The highest BCUT2D eigenvalue weighted by molar-refractivity contribution is 14.1. The molecular weight excluding hydrogens is 333 g/mol. The predicted octanol–water partition coefficient (Wildman–Crippen LogP) is 2.07. The maximum absolute atomic E-state index is 11.9. The Morgan fingerprint density at radius 1 is 1.35 bits per heavy atom. The maximum atomic E-state index is 11.9. The van der Waals surface area contributed by atoms with Gasteiger partial charge in [-0.05, 0) is 34.7 Å². The van der Waals surface area contributed by atoms with Crippen LogP contribution in [0.4, 0.5) is 0 Å². The van der Waals surface area contributed by atoms with Gasteiger partial charge in [0.15, 0.2) is 5.75 Å². The van der Waals surface area contributed by atoms with Crippen LogP contribution in [-0.4, -0.2) is 10.5 Å². The van der Waals surface area contributed by atoms with Crippen molar-refractivity contribution in [3.8, 4) is 5.75 Å². The van der Waals surface area contributed by atoms with Gasteiger partial charge in [-0.25, -0.2) is 0 Å². The Hall–Kier alpha value is -1.37. The van der Waals surface area contributed by atoms with Crippen LogP contribution in [0.15, 0.2) is 29.1 Å². The number of halogens is 1. The van der Waals surface area contributed by atoms with Gasteiger partial charge < -0.3 is 9.30 Å². The Morgan fingerprint density at radius 3 is 2.65 bits per heavy atom. The lowest BCUT2D eigenvalue weighted by molar-refractivity contribution is -0.131. The summed E-state index contributed by atoms with van der Waals surface area (Å²) in [7, 11) is 1.70. The van der Waals surface area contributed by atoms with Gasteiger partial charge in [-0.3, -0.25) is 9.59 Å². The second-order valence-electron chi connectivity index (χ2n) is 3.62. The molecule has 0 unspecified atom stereocenters. The average molecular weight is 343 g/mol. The molecule has 5 heteroatoms. The van der Waals surface area contributed by atoms with E-state index in [-0.39, 0.29) is 5.56 Å². The molecule has 0 atom stereocenters. The number of aromatic nitrogens is 1. The van der Waals surface area contributed by atoms with Gasteiger partial charge in [0.25, 0.3) is 5.56 Å². The number of carbonyl (C=O) groups excluding carboxylic acids is 1. The highest BCUT2D eigenvalue weighted by Gasteiger charge is 2.15. The van der Waals surface area contributed by atoms with Crippen molar-refractivity contribution in [3.05, 3.63) is 38.2 Å². The van der Waals surface area contributed by atoms with Gasteiger partial charge in [0.05, 0.1) is 5.52 Å². The Bertz CT molecular complexity index is 661. The zero-order valence-corrected chi connectivity index (χ0v) is 11.5. The summed E-state index contributed by atoms with van der Waals surface area (Å²) >= 11 is 1.90. The fourth-order valence-corrected chi connectivity index (χ4v) is 2.44. The third-order valence-electron chi connectivity index (χ3n) is 2.45. The molecule has 2 rings (SSSR count). The molecule has 0 aliphatic carbocycles. The first-order valence-corrected chi connectivity index (χ1v) is 6.06. The molecule has 0 amide bonds. The number of carbonyl (C=O) groups is 1. The van der Waals surface area contributed by atoms with E-state index in [0.29, 0.717) is 9.32 Å². The molecule has 0 saturated heterocycles. The van der Waals surface area contributed by atoms with Crippen LogP contribution in [0.2, 0.25) is 0 Å². The third kappa shape index (κ3) is 2.06.